The number of rotatable bonds is 3. The predicted molar refractivity (Wildman–Crippen MR) is 67.5 cm³/mol. The Morgan fingerprint density at radius 3 is 3.06 bits per heavy atom. The molecule has 1 aliphatic carbocycles. The lowest BCUT2D eigenvalue weighted by Crippen LogP contribution is -2.28. The van der Waals surface area contributed by atoms with Gasteiger partial charge >= 0.3 is 0 Å². The van der Waals surface area contributed by atoms with Gasteiger partial charge in [-0.2, -0.15) is 0 Å². The lowest BCUT2D eigenvalue weighted by Gasteiger charge is -2.19. The Hall–Kier alpha value is -0.610. The molecule has 2 N–H and O–H groups in total. The minimum absolute atomic E-state index is 0.233. The number of nitrogens with zero attached hydrogens (tertiary/aromatic N) is 1. The van der Waals surface area contributed by atoms with E-state index in [1.807, 2.05) is 19.2 Å². The molecule has 88 valence electrons. The van der Waals surface area contributed by atoms with E-state index in [-0.39, 0.29) is 6.10 Å². The molecule has 1 aromatic rings. The molecule has 0 aromatic carbocycles. The van der Waals surface area contributed by atoms with E-state index in [2.05, 4.69) is 20.9 Å². The van der Waals surface area contributed by atoms with Crippen molar-refractivity contribution in [3.8, 4) is 5.88 Å². The number of ether oxygens (including phenoxy) is 1. The number of nitrogens with two attached hydrogens (primary N) is 1. The summed E-state index contributed by atoms with van der Waals surface area (Å²) in [6, 6.07) is 2.02. The number of aromatic nitrogens is 1. The van der Waals surface area contributed by atoms with Crippen molar-refractivity contribution in [1.29, 1.82) is 0 Å². The molecule has 3 nitrogen and oxygen atoms in total. The molecule has 0 spiro atoms. The molecule has 2 unspecified atom stereocenters. The van der Waals surface area contributed by atoms with Crippen molar-refractivity contribution in [2.45, 2.75) is 32.3 Å². The van der Waals surface area contributed by atoms with Gasteiger partial charge in [0, 0.05) is 12.1 Å². The monoisotopic (exact) mass is 284 g/mol. The van der Waals surface area contributed by atoms with Crippen LogP contribution in [0.4, 0.5) is 0 Å². The van der Waals surface area contributed by atoms with Crippen LogP contribution >= 0.6 is 15.9 Å². The lowest BCUT2D eigenvalue weighted by atomic mass is 10.1. The molecule has 1 aliphatic rings. The van der Waals surface area contributed by atoms with Gasteiger partial charge in [-0.25, -0.2) is 4.98 Å². The van der Waals surface area contributed by atoms with Crippen molar-refractivity contribution in [1.82, 2.24) is 4.98 Å². The zero-order valence-electron chi connectivity index (χ0n) is 9.45. The van der Waals surface area contributed by atoms with E-state index in [9.17, 15) is 0 Å². The largest absolute Gasteiger partial charge is 0.473 e. The fourth-order valence-corrected chi connectivity index (χ4v) is 2.74. The van der Waals surface area contributed by atoms with Crippen LogP contribution in [-0.2, 0) is 0 Å². The van der Waals surface area contributed by atoms with E-state index in [0.717, 1.165) is 16.5 Å². The van der Waals surface area contributed by atoms with Gasteiger partial charge in [-0.05, 0) is 60.3 Å². The Bertz CT molecular complexity index is 370. The molecule has 1 aromatic heterocycles. The van der Waals surface area contributed by atoms with Crippen molar-refractivity contribution in [3.05, 3.63) is 22.3 Å². The second-order valence-electron chi connectivity index (χ2n) is 4.38. The SMILES string of the molecule is Cc1cnc(OC2CCCC2CN)c(Br)c1. The molecule has 4 heteroatoms. The zero-order chi connectivity index (χ0) is 11.5. The quantitative estimate of drug-likeness (QED) is 0.928. The molecular weight excluding hydrogens is 268 g/mol. The number of aryl methyl sites for hydroxylation is 1. The molecule has 1 fully saturated rings. The van der Waals surface area contributed by atoms with E-state index >= 15 is 0 Å². The van der Waals surface area contributed by atoms with E-state index in [4.69, 9.17) is 10.5 Å². The summed E-state index contributed by atoms with van der Waals surface area (Å²) >= 11 is 3.48. The van der Waals surface area contributed by atoms with E-state index in [0.29, 0.717) is 18.3 Å². The summed E-state index contributed by atoms with van der Waals surface area (Å²) in [6.45, 7) is 2.72. The average molecular weight is 285 g/mol. The Morgan fingerprint density at radius 2 is 2.38 bits per heavy atom. The summed E-state index contributed by atoms with van der Waals surface area (Å²) in [5.74, 6) is 1.17. The molecule has 0 aliphatic heterocycles. The summed E-state index contributed by atoms with van der Waals surface area (Å²) in [4.78, 5) is 4.30. The highest BCUT2D eigenvalue weighted by molar-refractivity contribution is 9.10. The van der Waals surface area contributed by atoms with Gasteiger partial charge in [-0.1, -0.05) is 0 Å². The first-order chi connectivity index (χ1) is 7.70. The number of hydrogen-bond donors (Lipinski definition) is 1. The first kappa shape index (κ1) is 11.9. The highest BCUT2D eigenvalue weighted by Gasteiger charge is 2.28. The van der Waals surface area contributed by atoms with Crippen molar-refractivity contribution in [2.75, 3.05) is 6.54 Å². The molecule has 1 saturated carbocycles. The van der Waals surface area contributed by atoms with Crippen LogP contribution in [0.2, 0.25) is 0 Å². The van der Waals surface area contributed by atoms with Gasteiger partial charge in [0.05, 0.1) is 4.47 Å². The maximum atomic E-state index is 5.93. The Kier molecular flexibility index (Phi) is 3.82. The van der Waals surface area contributed by atoms with Gasteiger partial charge < -0.3 is 10.5 Å². The van der Waals surface area contributed by atoms with Gasteiger partial charge in [-0.3, -0.25) is 0 Å². The van der Waals surface area contributed by atoms with Gasteiger partial charge in [0.2, 0.25) is 5.88 Å². The highest BCUT2D eigenvalue weighted by atomic mass is 79.9. The van der Waals surface area contributed by atoms with Crippen molar-refractivity contribution < 1.29 is 4.74 Å². The topological polar surface area (TPSA) is 48.1 Å². The summed E-state index contributed by atoms with van der Waals surface area (Å²) in [5.41, 5.74) is 6.85. The van der Waals surface area contributed by atoms with Crippen LogP contribution < -0.4 is 10.5 Å². The van der Waals surface area contributed by atoms with Crippen molar-refractivity contribution >= 4 is 15.9 Å². The standard InChI is InChI=1S/C12H17BrN2O/c1-8-5-10(13)12(15-7-8)16-11-4-2-3-9(11)6-14/h5,7,9,11H,2-4,6,14H2,1H3. The van der Waals surface area contributed by atoms with Gasteiger partial charge in [0.25, 0.3) is 0 Å². The first-order valence-corrected chi connectivity index (χ1v) is 6.49. The van der Waals surface area contributed by atoms with Crippen molar-refractivity contribution in [3.63, 3.8) is 0 Å². The second-order valence-corrected chi connectivity index (χ2v) is 5.24. The van der Waals surface area contributed by atoms with Gasteiger partial charge in [0.1, 0.15) is 6.10 Å². The Labute approximate surface area is 105 Å². The summed E-state index contributed by atoms with van der Waals surface area (Å²) in [7, 11) is 0. The first-order valence-electron chi connectivity index (χ1n) is 5.69. The number of hydrogen-bond acceptors (Lipinski definition) is 3. The minimum Gasteiger partial charge on any atom is -0.473 e. The molecule has 2 rings (SSSR count). The molecule has 1 heterocycles. The maximum absolute atomic E-state index is 5.93. The van der Waals surface area contributed by atoms with Crippen LogP contribution in [-0.4, -0.2) is 17.6 Å². The van der Waals surface area contributed by atoms with Crippen LogP contribution in [0, 0.1) is 12.8 Å². The van der Waals surface area contributed by atoms with Crippen LogP contribution in [0.15, 0.2) is 16.7 Å². The zero-order valence-corrected chi connectivity index (χ0v) is 11.0. The fraction of sp³-hybridized carbons (Fsp3) is 0.583. The van der Waals surface area contributed by atoms with Crippen LogP contribution in [0.25, 0.3) is 0 Å². The molecule has 16 heavy (non-hydrogen) atoms. The summed E-state index contributed by atoms with van der Waals surface area (Å²) in [6.07, 6.45) is 5.52. The third-order valence-electron chi connectivity index (χ3n) is 3.10. The third-order valence-corrected chi connectivity index (χ3v) is 3.67. The molecule has 0 saturated heterocycles. The van der Waals surface area contributed by atoms with E-state index in [1.165, 1.54) is 12.8 Å². The van der Waals surface area contributed by atoms with E-state index < -0.39 is 0 Å². The van der Waals surface area contributed by atoms with E-state index in [1.54, 1.807) is 0 Å². The normalized spacial score (nSPS) is 24.7. The number of pyridine rings is 1. The second kappa shape index (κ2) is 5.15. The van der Waals surface area contributed by atoms with Crippen LogP contribution in [0.5, 0.6) is 5.88 Å². The highest BCUT2D eigenvalue weighted by Crippen LogP contribution is 2.31. The molecule has 0 bridgehead atoms. The van der Waals surface area contributed by atoms with Gasteiger partial charge in [-0.15, -0.1) is 0 Å². The average Bonchev–Trinajstić information content (AvgIpc) is 2.69. The Morgan fingerprint density at radius 1 is 1.56 bits per heavy atom. The molecule has 0 amide bonds. The summed E-state index contributed by atoms with van der Waals surface area (Å²) in [5, 5.41) is 0. The molecule has 0 radical (unpaired) electrons. The van der Waals surface area contributed by atoms with Crippen LogP contribution in [0.3, 0.4) is 0 Å². The summed E-state index contributed by atoms with van der Waals surface area (Å²) < 4.78 is 6.85. The Balaban J connectivity index is 2.08. The van der Waals surface area contributed by atoms with Gasteiger partial charge in [0.15, 0.2) is 0 Å². The number of halogens is 1. The molecular formula is C12H17BrN2O. The maximum Gasteiger partial charge on any atom is 0.228 e. The van der Waals surface area contributed by atoms with Crippen LogP contribution in [0.1, 0.15) is 24.8 Å². The van der Waals surface area contributed by atoms with Crippen molar-refractivity contribution in [2.24, 2.45) is 11.7 Å². The molecule has 2 atom stereocenters. The smallest absolute Gasteiger partial charge is 0.228 e. The minimum atomic E-state index is 0.233. The third kappa shape index (κ3) is 2.55. The fourth-order valence-electron chi connectivity index (χ4n) is 2.18. The lowest BCUT2D eigenvalue weighted by molar-refractivity contribution is 0.154. The predicted octanol–water partition coefficient (Wildman–Crippen LogP) is 2.66.